The molecule has 1 aliphatic carbocycles. The van der Waals surface area contributed by atoms with E-state index in [0.717, 1.165) is 6.33 Å². The molecule has 0 bridgehead atoms. The fourth-order valence-corrected chi connectivity index (χ4v) is 4.66. The van der Waals surface area contributed by atoms with Gasteiger partial charge in [0.05, 0.1) is 18.4 Å². The second-order valence-electron chi connectivity index (χ2n) is 9.42. The second-order valence-corrected chi connectivity index (χ2v) is 9.42. The van der Waals surface area contributed by atoms with Gasteiger partial charge in [-0.1, -0.05) is 0 Å². The van der Waals surface area contributed by atoms with Crippen molar-refractivity contribution in [2.45, 2.75) is 37.0 Å². The molecule has 3 heterocycles. The van der Waals surface area contributed by atoms with Gasteiger partial charge >= 0.3 is 6.18 Å². The number of nitrogens with two attached hydrogens (primary N) is 2. The highest BCUT2D eigenvalue weighted by Gasteiger charge is 2.57. The number of halogens is 6. The van der Waals surface area contributed by atoms with Crippen molar-refractivity contribution in [2.24, 2.45) is 11.7 Å². The molecule has 0 radical (unpaired) electrons. The van der Waals surface area contributed by atoms with E-state index in [2.05, 4.69) is 20.3 Å². The van der Waals surface area contributed by atoms with Crippen LogP contribution in [0.3, 0.4) is 0 Å². The number of alkyl halides is 5. The van der Waals surface area contributed by atoms with Crippen LogP contribution in [-0.4, -0.2) is 56.5 Å². The number of carbonyl (C=O) groups is 1. The molecule has 1 saturated carbocycles. The van der Waals surface area contributed by atoms with Crippen LogP contribution < -0.4 is 21.7 Å². The fraction of sp³-hybridized carbons (Fsp3) is 0.455. The Labute approximate surface area is 205 Å². The van der Waals surface area contributed by atoms with E-state index in [1.54, 1.807) is 0 Å². The zero-order valence-corrected chi connectivity index (χ0v) is 19.2. The highest BCUT2D eigenvalue weighted by molar-refractivity contribution is 5.88. The van der Waals surface area contributed by atoms with E-state index in [1.165, 1.54) is 21.9 Å². The van der Waals surface area contributed by atoms with Crippen molar-refractivity contribution in [1.29, 1.82) is 0 Å². The molecule has 1 saturated heterocycles. The molecule has 0 spiro atoms. The van der Waals surface area contributed by atoms with E-state index in [1.807, 2.05) is 0 Å². The number of nitrogens with zero attached hydrogens (tertiary/aromatic N) is 5. The lowest BCUT2D eigenvalue weighted by molar-refractivity contribution is -0.140. The van der Waals surface area contributed by atoms with Crippen LogP contribution in [0.25, 0.3) is 11.2 Å². The minimum absolute atomic E-state index is 0.0199. The number of anilines is 2. The minimum atomic E-state index is -5.04. The maximum absolute atomic E-state index is 14.6. The molecule has 5 rings (SSSR count). The Kier molecular flexibility index (Phi) is 5.73. The summed E-state index contributed by atoms with van der Waals surface area (Å²) < 4.78 is 84.3. The molecular weight excluding hydrogens is 506 g/mol. The van der Waals surface area contributed by atoms with Gasteiger partial charge in [0, 0.05) is 43.2 Å². The van der Waals surface area contributed by atoms with E-state index in [4.69, 9.17) is 11.5 Å². The normalized spacial score (nSPS) is 23.0. The molecule has 1 aliphatic heterocycles. The Balaban J connectivity index is 1.47. The van der Waals surface area contributed by atoms with Gasteiger partial charge in [0.25, 0.3) is 5.92 Å². The molecule has 2 fully saturated rings. The molecule has 1 aromatic carbocycles. The number of hydrogen-bond acceptors (Lipinski definition) is 7. The van der Waals surface area contributed by atoms with Crippen LogP contribution in [0.1, 0.15) is 24.0 Å². The summed E-state index contributed by atoms with van der Waals surface area (Å²) in [5, 5.41) is 2.43. The predicted molar refractivity (Wildman–Crippen MR) is 120 cm³/mol. The predicted octanol–water partition coefficient (Wildman–Crippen LogP) is 2.29. The van der Waals surface area contributed by atoms with Crippen molar-refractivity contribution < 1.29 is 31.1 Å². The Morgan fingerprint density at radius 2 is 1.95 bits per heavy atom. The van der Waals surface area contributed by atoms with Crippen LogP contribution in [0.15, 0.2) is 24.8 Å². The number of fused-ring (bicyclic) bond motifs is 1. The van der Waals surface area contributed by atoms with Gasteiger partial charge in [-0.05, 0) is 18.6 Å². The molecule has 2 atom stereocenters. The summed E-state index contributed by atoms with van der Waals surface area (Å²) in [6.45, 7) is -0.829. The van der Waals surface area contributed by atoms with Crippen molar-refractivity contribution in [1.82, 2.24) is 24.8 Å². The molecule has 1 amide bonds. The first-order valence-corrected chi connectivity index (χ1v) is 11.3. The Bertz CT molecular complexity index is 1380. The molecule has 9 nitrogen and oxygen atoms in total. The van der Waals surface area contributed by atoms with Gasteiger partial charge in [0.15, 0.2) is 11.5 Å². The summed E-state index contributed by atoms with van der Waals surface area (Å²) >= 11 is 0. The van der Waals surface area contributed by atoms with Crippen molar-refractivity contribution in [3.8, 4) is 0 Å². The Hall–Kier alpha value is -3.62. The first kappa shape index (κ1) is 25.0. The summed E-state index contributed by atoms with van der Waals surface area (Å²) in [5.74, 6) is -5.89. The summed E-state index contributed by atoms with van der Waals surface area (Å²) in [6.07, 6.45) is -2.95. The van der Waals surface area contributed by atoms with Crippen molar-refractivity contribution >= 4 is 28.6 Å². The Morgan fingerprint density at radius 3 is 2.62 bits per heavy atom. The number of benzene rings is 1. The van der Waals surface area contributed by atoms with Gasteiger partial charge in [-0.3, -0.25) is 4.79 Å². The third-order valence-electron chi connectivity index (χ3n) is 6.84. The van der Waals surface area contributed by atoms with Crippen molar-refractivity contribution in [3.63, 3.8) is 0 Å². The molecular formula is C22H22F6N8O. The fourth-order valence-electron chi connectivity index (χ4n) is 4.66. The highest BCUT2D eigenvalue weighted by Crippen LogP contribution is 2.48. The van der Waals surface area contributed by atoms with Gasteiger partial charge in [0.1, 0.15) is 23.2 Å². The van der Waals surface area contributed by atoms with Crippen LogP contribution in [0.2, 0.25) is 0 Å². The molecule has 1 unspecified atom stereocenters. The van der Waals surface area contributed by atoms with Crippen LogP contribution >= 0.6 is 0 Å². The highest BCUT2D eigenvalue weighted by atomic mass is 19.4. The first-order valence-electron chi connectivity index (χ1n) is 11.3. The van der Waals surface area contributed by atoms with E-state index in [-0.39, 0.29) is 55.1 Å². The third-order valence-corrected chi connectivity index (χ3v) is 6.84. The molecule has 37 heavy (non-hydrogen) atoms. The number of nitrogens with one attached hydrogen (secondary N) is 1. The lowest BCUT2D eigenvalue weighted by atomic mass is 9.98. The lowest BCUT2D eigenvalue weighted by Gasteiger charge is -2.28. The topological polar surface area (TPSA) is 128 Å². The molecule has 15 heteroatoms. The first-order chi connectivity index (χ1) is 17.3. The molecule has 5 N–H and O–H groups in total. The molecule has 2 aromatic heterocycles. The summed E-state index contributed by atoms with van der Waals surface area (Å²) in [4.78, 5) is 26.0. The van der Waals surface area contributed by atoms with Gasteiger partial charge in [-0.2, -0.15) is 13.2 Å². The van der Waals surface area contributed by atoms with E-state index in [0.29, 0.717) is 6.07 Å². The number of carbonyl (C=O) groups excluding carboxylic acids is 1. The number of nitrogen functional groups attached to an aromatic ring is 1. The van der Waals surface area contributed by atoms with Crippen LogP contribution in [0, 0.1) is 11.7 Å². The summed E-state index contributed by atoms with van der Waals surface area (Å²) in [5.41, 5.74) is 8.96. The molecule has 198 valence electrons. The SMILES string of the molecule is Nc1ncnc2c1ncn2Cc1c(N2CC[C@](N)(C(=O)NCC3CC3(F)F)C2)ccc(F)c1C(F)(F)F. The summed E-state index contributed by atoms with van der Waals surface area (Å²) in [7, 11) is 0. The largest absolute Gasteiger partial charge is 0.419 e. The molecule has 3 aromatic rings. The second kappa shape index (κ2) is 8.46. The number of imidazole rings is 1. The average molecular weight is 528 g/mol. The average Bonchev–Trinajstić information content (AvgIpc) is 3.12. The zero-order chi connectivity index (χ0) is 26.8. The van der Waals surface area contributed by atoms with E-state index in [9.17, 15) is 31.1 Å². The van der Waals surface area contributed by atoms with Crippen LogP contribution in [0.4, 0.5) is 37.8 Å². The number of aromatic nitrogens is 4. The van der Waals surface area contributed by atoms with Crippen molar-refractivity contribution in [2.75, 3.05) is 30.3 Å². The van der Waals surface area contributed by atoms with Crippen LogP contribution in [0.5, 0.6) is 0 Å². The van der Waals surface area contributed by atoms with Crippen molar-refractivity contribution in [3.05, 3.63) is 41.7 Å². The van der Waals surface area contributed by atoms with Gasteiger partial charge in [-0.25, -0.2) is 28.1 Å². The monoisotopic (exact) mass is 528 g/mol. The zero-order valence-electron chi connectivity index (χ0n) is 19.2. The number of amides is 1. The van der Waals surface area contributed by atoms with Crippen LogP contribution in [-0.2, 0) is 17.5 Å². The van der Waals surface area contributed by atoms with Gasteiger partial charge in [0.2, 0.25) is 5.91 Å². The number of rotatable bonds is 6. The minimum Gasteiger partial charge on any atom is -0.382 e. The van der Waals surface area contributed by atoms with Gasteiger partial charge in [-0.15, -0.1) is 0 Å². The maximum atomic E-state index is 14.6. The quantitative estimate of drug-likeness (QED) is 0.419. The maximum Gasteiger partial charge on any atom is 0.419 e. The third kappa shape index (κ3) is 4.51. The van der Waals surface area contributed by atoms with E-state index >= 15 is 0 Å². The standard InChI is InChI=1S/C22H22F6N8O/c23-13-1-2-14(35-4-3-20(30,8-35)19(37)31-6-11-5-21(11,24)25)12(15(13)22(26,27)28)7-36-10-34-16-17(29)32-9-33-18(16)36/h1-2,9-11H,3-8,30H2,(H,31,37)(H2,29,32,33)/t11?,20-/m1/s1. The Morgan fingerprint density at radius 1 is 1.22 bits per heavy atom. The lowest BCUT2D eigenvalue weighted by Crippen LogP contribution is -2.56. The smallest absolute Gasteiger partial charge is 0.382 e. The molecule has 2 aliphatic rings. The van der Waals surface area contributed by atoms with Gasteiger partial charge < -0.3 is 26.3 Å². The summed E-state index contributed by atoms with van der Waals surface area (Å²) in [6, 6.07) is 1.90. The van der Waals surface area contributed by atoms with E-state index < -0.39 is 53.0 Å². The number of hydrogen-bond donors (Lipinski definition) is 3.